The number of para-hydroxylation sites is 1. The van der Waals surface area contributed by atoms with E-state index in [1.807, 2.05) is 30.3 Å². The van der Waals surface area contributed by atoms with Crippen molar-refractivity contribution in [2.24, 2.45) is 0 Å². The zero-order valence-corrected chi connectivity index (χ0v) is 14.4. The molecular formula is C20H23N3O2. The summed E-state index contributed by atoms with van der Waals surface area (Å²) in [4.78, 5) is 18.3. The van der Waals surface area contributed by atoms with Crippen LogP contribution in [0.15, 0.2) is 54.9 Å². The van der Waals surface area contributed by atoms with E-state index in [-0.39, 0.29) is 12.0 Å². The van der Waals surface area contributed by atoms with E-state index in [4.69, 9.17) is 4.74 Å². The van der Waals surface area contributed by atoms with Crippen molar-refractivity contribution in [3.05, 3.63) is 66.0 Å². The van der Waals surface area contributed by atoms with Crippen molar-refractivity contribution in [2.45, 2.75) is 19.6 Å². The van der Waals surface area contributed by atoms with E-state index in [0.29, 0.717) is 6.54 Å². The van der Waals surface area contributed by atoms with Crippen LogP contribution in [0.3, 0.4) is 0 Å². The molecule has 0 bridgehead atoms. The molecule has 25 heavy (non-hydrogen) atoms. The molecule has 0 spiro atoms. The zero-order valence-electron chi connectivity index (χ0n) is 14.4. The number of carbonyl (C=O) groups excluding carboxylic acids is 1. The van der Waals surface area contributed by atoms with Crippen LogP contribution in [0.2, 0.25) is 0 Å². The Labute approximate surface area is 148 Å². The molecule has 2 heterocycles. The number of hydrogen-bond donors (Lipinski definition) is 1. The Bertz CT molecular complexity index is 731. The molecule has 1 aliphatic heterocycles. The maximum atomic E-state index is 11.9. The number of nitrogens with one attached hydrogen (secondary N) is 1. The van der Waals surface area contributed by atoms with Crippen LogP contribution in [0.25, 0.3) is 6.08 Å². The van der Waals surface area contributed by atoms with Gasteiger partial charge in [-0.25, -0.2) is 0 Å². The molecule has 1 amide bonds. The minimum absolute atomic E-state index is 0.0941. The van der Waals surface area contributed by atoms with Crippen LogP contribution in [0.5, 0.6) is 5.75 Å². The highest BCUT2D eigenvalue weighted by Crippen LogP contribution is 2.24. The summed E-state index contributed by atoms with van der Waals surface area (Å²) < 4.78 is 5.96. The van der Waals surface area contributed by atoms with Crippen molar-refractivity contribution >= 4 is 12.0 Å². The summed E-state index contributed by atoms with van der Waals surface area (Å²) in [5.74, 6) is 0.865. The van der Waals surface area contributed by atoms with Crippen LogP contribution >= 0.6 is 0 Å². The second kappa shape index (κ2) is 8.44. The fourth-order valence-corrected chi connectivity index (χ4v) is 2.89. The van der Waals surface area contributed by atoms with Gasteiger partial charge in [-0.3, -0.25) is 14.7 Å². The normalized spacial score (nSPS) is 17.6. The molecule has 130 valence electrons. The van der Waals surface area contributed by atoms with Crippen LogP contribution in [0.4, 0.5) is 0 Å². The van der Waals surface area contributed by atoms with Gasteiger partial charge in [-0.15, -0.1) is 0 Å². The van der Waals surface area contributed by atoms with Gasteiger partial charge in [0.1, 0.15) is 11.9 Å². The molecule has 0 saturated heterocycles. The summed E-state index contributed by atoms with van der Waals surface area (Å²) in [5.41, 5.74) is 2.10. The molecule has 1 unspecified atom stereocenters. The van der Waals surface area contributed by atoms with E-state index in [1.165, 1.54) is 5.56 Å². The average Bonchev–Trinajstić information content (AvgIpc) is 2.78. The Balaban J connectivity index is 1.48. The van der Waals surface area contributed by atoms with Gasteiger partial charge in [0, 0.05) is 50.2 Å². The molecule has 5 heteroatoms. The zero-order chi connectivity index (χ0) is 17.5. The van der Waals surface area contributed by atoms with Gasteiger partial charge >= 0.3 is 0 Å². The highest BCUT2D eigenvalue weighted by molar-refractivity contribution is 5.91. The quantitative estimate of drug-likeness (QED) is 0.852. The number of amides is 1. The van der Waals surface area contributed by atoms with Crippen LogP contribution in [0, 0.1) is 0 Å². The number of rotatable bonds is 5. The highest BCUT2D eigenvalue weighted by atomic mass is 16.5. The van der Waals surface area contributed by atoms with E-state index in [1.54, 1.807) is 24.5 Å². The molecule has 3 rings (SSSR count). The number of fused-ring (bicyclic) bond motifs is 1. The van der Waals surface area contributed by atoms with Gasteiger partial charge in [-0.1, -0.05) is 24.3 Å². The van der Waals surface area contributed by atoms with Crippen molar-refractivity contribution in [1.82, 2.24) is 15.2 Å². The maximum absolute atomic E-state index is 11.9. The first kappa shape index (κ1) is 17.2. The summed E-state index contributed by atoms with van der Waals surface area (Å²) in [5, 5.41) is 2.93. The predicted octanol–water partition coefficient (Wildman–Crippen LogP) is 2.49. The van der Waals surface area contributed by atoms with E-state index >= 15 is 0 Å². The fourth-order valence-electron chi connectivity index (χ4n) is 2.89. The third kappa shape index (κ3) is 5.16. The number of nitrogens with zero attached hydrogens (tertiary/aromatic N) is 2. The summed E-state index contributed by atoms with van der Waals surface area (Å²) >= 11 is 0. The molecular weight excluding hydrogens is 314 g/mol. The highest BCUT2D eigenvalue weighted by Gasteiger charge is 2.19. The lowest BCUT2D eigenvalue weighted by Crippen LogP contribution is -2.37. The summed E-state index contributed by atoms with van der Waals surface area (Å²) in [6.45, 7) is 5.14. The Kier molecular flexibility index (Phi) is 5.80. The largest absolute Gasteiger partial charge is 0.489 e. The van der Waals surface area contributed by atoms with Crippen molar-refractivity contribution in [1.29, 1.82) is 0 Å². The molecule has 5 nitrogen and oxygen atoms in total. The smallest absolute Gasteiger partial charge is 0.244 e. The van der Waals surface area contributed by atoms with Gasteiger partial charge in [0.2, 0.25) is 5.91 Å². The van der Waals surface area contributed by atoms with Crippen molar-refractivity contribution in [3.8, 4) is 5.75 Å². The summed E-state index contributed by atoms with van der Waals surface area (Å²) in [7, 11) is 0. The second-order valence-electron chi connectivity index (χ2n) is 6.18. The Morgan fingerprint density at radius 1 is 1.36 bits per heavy atom. The molecule has 0 fully saturated rings. The third-order valence-electron chi connectivity index (χ3n) is 4.05. The monoisotopic (exact) mass is 337 g/mol. The Hall–Kier alpha value is -2.66. The third-order valence-corrected chi connectivity index (χ3v) is 4.05. The lowest BCUT2D eigenvalue weighted by molar-refractivity contribution is -0.116. The Morgan fingerprint density at radius 3 is 3.08 bits per heavy atom. The molecule has 0 saturated carbocycles. The van der Waals surface area contributed by atoms with E-state index in [0.717, 1.165) is 30.9 Å². The van der Waals surface area contributed by atoms with Crippen molar-refractivity contribution in [3.63, 3.8) is 0 Å². The van der Waals surface area contributed by atoms with Gasteiger partial charge in [-0.2, -0.15) is 0 Å². The molecule has 1 aromatic heterocycles. The molecule has 0 aliphatic carbocycles. The van der Waals surface area contributed by atoms with E-state index in [2.05, 4.69) is 28.2 Å². The average molecular weight is 337 g/mol. The van der Waals surface area contributed by atoms with Gasteiger partial charge < -0.3 is 10.1 Å². The number of aromatic nitrogens is 1. The van der Waals surface area contributed by atoms with E-state index < -0.39 is 0 Å². The standard InChI is InChI=1S/C20H23N3O2/c1-16-14-23(15-18-6-2-3-7-19(18)25-16)12-11-22-20(24)9-8-17-5-4-10-21-13-17/h2-10,13,16H,11-12,14-15H2,1H3,(H,22,24). The summed E-state index contributed by atoms with van der Waals surface area (Å²) in [6.07, 6.45) is 6.87. The van der Waals surface area contributed by atoms with Gasteiger partial charge in [-0.05, 0) is 30.7 Å². The van der Waals surface area contributed by atoms with Crippen LogP contribution in [-0.2, 0) is 11.3 Å². The SMILES string of the molecule is CC1CN(CCNC(=O)C=Cc2cccnc2)Cc2ccccc2O1. The van der Waals surface area contributed by atoms with Gasteiger partial charge in [0.25, 0.3) is 0 Å². The van der Waals surface area contributed by atoms with Crippen LogP contribution in [0.1, 0.15) is 18.1 Å². The number of ether oxygens (including phenoxy) is 1. The number of pyridine rings is 1. The minimum Gasteiger partial charge on any atom is -0.489 e. The molecule has 1 N–H and O–H groups in total. The fraction of sp³-hybridized carbons (Fsp3) is 0.300. The van der Waals surface area contributed by atoms with Gasteiger partial charge in [0.05, 0.1) is 0 Å². The minimum atomic E-state index is -0.0941. The summed E-state index contributed by atoms with van der Waals surface area (Å²) in [6, 6.07) is 11.9. The topological polar surface area (TPSA) is 54.5 Å². The first-order valence-corrected chi connectivity index (χ1v) is 8.53. The van der Waals surface area contributed by atoms with Crippen molar-refractivity contribution < 1.29 is 9.53 Å². The van der Waals surface area contributed by atoms with Crippen molar-refractivity contribution in [2.75, 3.05) is 19.6 Å². The molecule has 2 aromatic rings. The van der Waals surface area contributed by atoms with E-state index in [9.17, 15) is 4.79 Å². The van der Waals surface area contributed by atoms with Crippen LogP contribution in [-0.4, -0.2) is 41.5 Å². The maximum Gasteiger partial charge on any atom is 0.244 e. The van der Waals surface area contributed by atoms with Crippen LogP contribution < -0.4 is 10.1 Å². The molecule has 1 aliphatic rings. The number of hydrogen-bond acceptors (Lipinski definition) is 4. The first-order chi connectivity index (χ1) is 12.2. The molecule has 1 atom stereocenters. The van der Waals surface area contributed by atoms with Gasteiger partial charge in [0.15, 0.2) is 0 Å². The molecule has 0 radical (unpaired) electrons. The second-order valence-corrected chi connectivity index (χ2v) is 6.18. The lowest BCUT2D eigenvalue weighted by Gasteiger charge is -2.21. The number of benzene rings is 1. The lowest BCUT2D eigenvalue weighted by atomic mass is 10.2. The number of carbonyl (C=O) groups is 1. The first-order valence-electron chi connectivity index (χ1n) is 8.53. The Morgan fingerprint density at radius 2 is 2.24 bits per heavy atom. The molecule has 1 aromatic carbocycles. The predicted molar refractivity (Wildman–Crippen MR) is 98.1 cm³/mol.